The van der Waals surface area contributed by atoms with Crippen molar-refractivity contribution in [1.82, 2.24) is 15.6 Å². The minimum atomic E-state index is -0.633. The van der Waals surface area contributed by atoms with Gasteiger partial charge in [-0.25, -0.2) is 4.98 Å². The van der Waals surface area contributed by atoms with E-state index in [0.29, 0.717) is 48.6 Å². The van der Waals surface area contributed by atoms with Crippen molar-refractivity contribution in [1.29, 1.82) is 0 Å². The van der Waals surface area contributed by atoms with E-state index >= 15 is 0 Å². The normalized spacial score (nSPS) is 22.3. The molecular formula is C59H69N5O7. The highest BCUT2D eigenvalue weighted by molar-refractivity contribution is 5.84. The topological polar surface area (TPSA) is 169 Å². The number of carbonyl (C=O) groups is 1. The second-order valence-electron chi connectivity index (χ2n) is 20.5. The number of ether oxygens (including phenoxy) is 4. The van der Waals surface area contributed by atoms with Gasteiger partial charge in [-0.1, -0.05) is 61.6 Å². The van der Waals surface area contributed by atoms with Gasteiger partial charge >= 0.3 is 5.97 Å². The lowest BCUT2D eigenvalue weighted by molar-refractivity contribution is -0.141. The van der Waals surface area contributed by atoms with Gasteiger partial charge in [0.15, 0.2) is 11.5 Å². The average molecular weight is 960 g/mol. The van der Waals surface area contributed by atoms with Crippen LogP contribution in [-0.4, -0.2) is 73.7 Å². The Morgan fingerprint density at radius 3 is 2.59 bits per heavy atom. The van der Waals surface area contributed by atoms with Crippen molar-refractivity contribution in [2.24, 2.45) is 5.92 Å². The number of rotatable bonds is 15. The lowest BCUT2D eigenvalue weighted by Gasteiger charge is -2.39. The molecule has 3 heterocycles. The number of phenolic OH excluding ortho intramolecular Hbond substituents is 2. The van der Waals surface area contributed by atoms with Crippen LogP contribution in [0.25, 0.3) is 11.1 Å². The molecule has 4 bridgehead atoms. The number of para-hydroxylation sites is 1. The maximum atomic E-state index is 12.7. The number of benzene rings is 4. The Bertz CT molecular complexity index is 2850. The molecule has 4 aromatic carbocycles. The summed E-state index contributed by atoms with van der Waals surface area (Å²) in [7, 11) is 3.56. The fourth-order valence-electron chi connectivity index (χ4n) is 12.9. The number of aromatic nitrogens is 1. The molecule has 0 amide bonds. The third kappa shape index (κ3) is 9.71. The van der Waals surface area contributed by atoms with Crippen molar-refractivity contribution in [2.75, 3.05) is 51.4 Å². The standard InChI is InChI=1S/C59H69N5O7/c1-5-62-49-16-10-9-12-36(49)18-19-43-38-24-25-59(30-38)31-39-26-41(66)28-53(68-4)55(39)46-21-20-45-48(34-69-35(2)65)57(71-58(45)56(46)59)47-29-52(70-42(32-61-3)33-63-40-14-7-6-8-15-40)51(67)27-37(47)13-11-17-50-44(43)22-23-54(60)64-50/h9-10,12,16,20-23,26-29,38,40,42-43,48,57,61-63,66-67H,5-8,13-15,18-19,24-25,30-34H2,1-4H3,(H2,60,64). The molecule has 71 heavy (non-hydrogen) atoms. The first-order valence-electron chi connectivity index (χ1n) is 25.9. The van der Waals surface area contributed by atoms with Crippen molar-refractivity contribution < 1.29 is 34.0 Å². The van der Waals surface area contributed by atoms with E-state index in [1.165, 1.54) is 31.7 Å². The number of nitrogens with two attached hydrogens (primary N) is 1. The molecule has 1 aromatic heterocycles. The summed E-state index contributed by atoms with van der Waals surface area (Å²) < 4.78 is 26.3. The molecule has 6 unspecified atom stereocenters. The first kappa shape index (κ1) is 48.2. The lowest BCUT2D eigenvalue weighted by Crippen LogP contribution is -2.43. The van der Waals surface area contributed by atoms with Crippen LogP contribution >= 0.6 is 0 Å². The van der Waals surface area contributed by atoms with Gasteiger partial charge in [0.05, 0.1) is 13.0 Å². The summed E-state index contributed by atoms with van der Waals surface area (Å²) in [6.45, 7) is 5.66. The zero-order valence-corrected chi connectivity index (χ0v) is 41.7. The van der Waals surface area contributed by atoms with E-state index in [2.05, 4.69) is 77.2 Å². The maximum Gasteiger partial charge on any atom is 0.302 e. The summed E-state index contributed by atoms with van der Waals surface area (Å²) in [5.41, 5.74) is 16.9. The molecule has 3 aliphatic carbocycles. The number of aryl methyl sites for hydroxylation is 1. The van der Waals surface area contributed by atoms with Crippen LogP contribution < -0.4 is 35.9 Å². The van der Waals surface area contributed by atoms with Crippen molar-refractivity contribution in [2.45, 2.75) is 126 Å². The third-order valence-electron chi connectivity index (χ3n) is 16.0. The zero-order valence-electron chi connectivity index (χ0n) is 41.7. The molecule has 2 aliphatic heterocycles. The van der Waals surface area contributed by atoms with E-state index in [-0.39, 0.29) is 48.4 Å². The fourth-order valence-corrected chi connectivity index (χ4v) is 12.9. The van der Waals surface area contributed by atoms with Gasteiger partial charge in [-0.15, -0.1) is 0 Å². The van der Waals surface area contributed by atoms with Gasteiger partial charge in [-0.05, 0) is 141 Å². The number of methoxy groups -OCH3 is 1. The summed E-state index contributed by atoms with van der Waals surface area (Å²) in [5.74, 6) is 8.85. The highest BCUT2D eigenvalue weighted by Crippen LogP contribution is 2.63. The smallest absolute Gasteiger partial charge is 0.302 e. The molecule has 7 N–H and O–H groups in total. The van der Waals surface area contributed by atoms with E-state index in [4.69, 9.17) is 29.7 Å². The molecular weight excluding hydrogens is 891 g/mol. The van der Waals surface area contributed by atoms with Crippen LogP contribution in [0.3, 0.4) is 0 Å². The second kappa shape index (κ2) is 20.7. The molecule has 12 nitrogen and oxygen atoms in total. The number of hydrogen-bond donors (Lipinski definition) is 6. The van der Waals surface area contributed by atoms with E-state index in [9.17, 15) is 15.0 Å². The first-order valence-corrected chi connectivity index (χ1v) is 25.9. The fraction of sp³-hybridized carbons (Fsp3) is 0.458. The number of likely N-dealkylation sites (N-methyl/N-ethyl adjacent to an activating group) is 1. The molecule has 10 rings (SSSR count). The average Bonchev–Trinajstić information content (AvgIpc) is 3.95. The Morgan fingerprint density at radius 1 is 0.958 bits per heavy atom. The monoisotopic (exact) mass is 960 g/mol. The number of anilines is 2. The molecule has 5 aliphatic rings. The van der Waals surface area contributed by atoms with Crippen molar-refractivity contribution >= 4 is 17.5 Å². The number of nitrogens with one attached hydrogen (secondary N) is 3. The van der Waals surface area contributed by atoms with E-state index < -0.39 is 17.4 Å². The Kier molecular flexibility index (Phi) is 14.1. The lowest BCUT2D eigenvalue weighted by atomic mass is 9.64. The van der Waals surface area contributed by atoms with E-state index in [1.807, 2.05) is 25.2 Å². The number of nitrogen functional groups attached to an aromatic ring is 1. The van der Waals surface area contributed by atoms with Crippen LogP contribution in [0.4, 0.5) is 11.5 Å². The molecule has 2 saturated carbocycles. The Labute approximate surface area is 418 Å². The number of aromatic hydroxyl groups is 2. The highest BCUT2D eigenvalue weighted by atomic mass is 16.5. The van der Waals surface area contributed by atoms with Crippen molar-refractivity contribution in [3.63, 3.8) is 0 Å². The number of carbonyl (C=O) groups excluding carboxylic acids is 1. The Balaban J connectivity index is 1.15. The highest BCUT2D eigenvalue weighted by Gasteiger charge is 2.52. The number of pyridine rings is 1. The number of esters is 1. The predicted octanol–water partition coefficient (Wildman–Crippen LogP) is 9.77. The van der Waals surface area contributed by atoms with Gasteiger partial charge in [-0.2, -0.15) is 0 Å². The van der Waals surface area contributed by atoms with Crippen molar-refractivity contribution in [3.05, 3.63) is 117 Å². The first-order chi connectivity index (χ1) is 34.6. The molecule has 12 heteroatoms. The molecule has 0 radical (unpaired) electrons. The minimum absolute atomic E-state index is 0.00978. The van der Waals surface area contributed by atoms with Crippen LogP contribution in [0.15, 0.2) is 72.8 Å². The van der Waals surface area contributed by atoms with Crippen LogP contribution in [0.1, 0.15) is 134 Å². The number of hydrogen-bond acceptors (Lipinski definition) is 12. The van der Waals surface area contributed by atoms with Crippen molar-refractivity contribution in [3.8, 4) is 51.7 Å². The predicted molar refractivity (Wildman–Crippen MR) is 278 cm³/mol. The summed E-state index contributed by atoms with van der Waals surface area (Å²) in [6, 6.07) is 24.7. The van der Waals surface area contributed by atoms with Crippen LogP contribution in [-0.2, 0) is 34.2 Å². The van der Waals surface area contributed by atoms with E-state index in [0.717, 1.165) is 107 Å². The Morgan fingerprint density at radius 2 is 1.79 bits per heavy atom. The largest absolute Gasteiger partial charge is 0.508 e. The summed E-state index contributed by atoms with van der Waals surface area (Å²) in [6.07, 6.45) is 10.4. The number of fused-ring (bicyclic) bond motifs is 7. The van der Waals surface area contributed by atoms with Crippen LogP contribution in [0.5, 0.6) is 28.7 Å². The van der Waals surface area contributed by atoms with Gasteiger partial charge in [0, 0.05) is 78.4 Å². The Hall–Kier alpha value is -6.42. The van der Waals surface area contributed by atoms with Gasteiger partial charge in [0.1, 0.15) is 47.6 Å². The van der Waals surface area contributed by atoms with Gasteiger partial charge in [0.2, 0.25) is 0 Å². The molecule has 0 saturated heterocycles. The van der Waals surface area contributed by atoms with Crippen LogP contribution in [0.2, 0.25) is 0 Å². The number of nitrogens with zero attached hydrogens (tertiary/aromatic N) is 1. The third-order valence-corrected chi connectivity index (χ3v) is 16.0. The molecule has 1 spiro atoms. The molecule has 6 atom stereocenters. The minimum Gasteiger partial charge on any atom is -0.508 e. The molecule has 5 aromatic rings. The van der Waals surface area contributed by atoms with Gasteiger partial charge < -0.3 is 50.8 Å². The summed E-state index contributed by atoms with van der Waals surface area (Å²) >= 11 is 0. The quantitative estimate of drug-likeness (QED) is 0.0435. The molecule has 2 fully saturated rings. The van der Waals surface area contributed by atoms with Crippen LogP contribution in [0, 0.1) is 17.8 Å². The summed E-state index contributed by atoms with van der Waals surface area (Å²) in [5, 5.41) is 33.7. The SMILES string of the molecule is CCNc1ccccc1CCC1c2ccc(N)nc2C#CCc2cc(O)c(OC(CNC)CNC3CCCCC3)cc2C2Oc3c(ccc4c3C3(CCC1C3)Cc1cc(O)cc(OC)c1-4)C2COC(C)=O. The maximum absolute atomic E-state index is 12.7. The second-order valence-corrected chi connectivity index (χ2v) is 20.5. The van der Waals surface area contributed by atoms with Gasteiger partial charge in [0.25, 0.3) is 0 Å². The zero-order chi connectivity index (χ0) is 49.2. The number of phenols is 2. The van der Waals surface area contributed by atoms with E-state index in [1.54, 1.807) is 19.2 Å². The molecule has 372 valence electrons. The summed E-state index contributed by atoms with van der Waals surface area (Å²) in [4.78, 5) is 17.7. The van der Waals surface area contributed by atoms with Gasteiger partial charge in [-0.3, -0.25) is 4.79 Å².